The van der Waals surface area contributed by atoms with Crippen LogP contribution in [0.2, 0.25) is 5.02 Å². The van der Waals surface area contributed by atoms with Crippen molar-refractivity contribution < 1.29 is 9.84 Å². The number of halogens is 1. The summed E-state index contributed by atoms with van der Waals surface area (Å²) in [5, 5.41) is 11.6. The Morgan fingerprint density at radius 3 is 2.55 bits per heavy atom. The minimum Gasteiger partial charge on any atom is -0.438 e. The van der Waals surface area contributed by atoms with Gasteiger partial charge in [0.05, 0.1) is 12.3 Å². The maximum atomic E-state index is 9.10. The molecule has 1 N–H and O–H groups in total. The number of aliphatic hydroxyl groups excluding tert-OH is 1. The fourth-order valence-electron chi connectivity index (χ4n) is 2.04. The molecule has 0 aliphatic heterocycles. The van der Waals surface area contributed by atoms with E-state index in [2.05, 4.69) is 4.98 Å². The number of aromatic nitrogens is 1. The van der Waals surface area contributed by atoms with Gasteiger partial charge in [-0.25, -0.2) is 4.98 Å². The van der Waals surface area contributed by atoms with E-state index in [9.17, 15) is 0 Å². The number of pyridine rings is 1. The number of nitrogens with zero attached hydrogens (tertiary/aromatic N) is 1. The Morgan fingerprint density at radius 1 is 0.950 bits per heavy atom. The van der Waals surface area contributed by atoms with Crippen molar-refractivity contribution in [2.45, 2.75) is 6.61 Å². The molecule has 0 atom stereocenters. The molecule has 0 bridgehead atoms. The fourth-order valence-corrected chi connectivity index (χ4v) is 2.27. The third-order valence-corrected chi connectivity index (χ3v) is 3.32. The van der Waals surface area contributed by atoms with Crippen LogP contribution in [0.1, 0.15) is 5.69 Å². The predicted molar refractivity (Wildman–Crippen MR) is 79.2 cm³/mol. The summed E-state index contributed by atoms with van der Waals surface area (Å²) in [7, 11) is 0. The lowest BCUT2D eigenvalue weighted by Crippen LogP contribution is -1.93. The van der Waals surface area contributed by atoms with E-state index in [1.54, 1.807) is 24.3 Å². The summed E-state index contributed by atoms with van der Waals surface area (Å²) in [6, 6.07) is 16.7. The van der Waals surface area contributed by atoms with Gasteiger partial charge in [-0.1, -0.05) is 41.9 Å². The first-order chi connectivity index (χ1) is 9.78. The molecule has 0 amide bonds. The highest BCUT2D eigenvalue weighted by Gasteiger charge is 2.07. The van der Waals surface area contributed by atoms with Crippen LogP contribution in [0.3, 0.4) is 0 Å². The second-order valence-electron chi connectivity index (χ2n) is 4.32. The van der Waals surface area contributed by atoms with E-state index in [1.165, 1.54) is 0 Å². The molecule has 1 heterocycles. The Hall–Kier alpha value is -2.10. The fraction of sp³-hybridized carbons (Fsp3) is 0.0625. The molecule has 100 valence electrons. The van der Waals surface area contributed by atoms with E-state index < -0.39 is 0 Å². The van der Waals surface area contributed by atoms with Gasteiger partial charge in [0, 0.05) is 21.9 Å². The van der Waals surface area contributed by atoms with Crippen LogP contribution < -0.4 is 4.74 Å². The van der Waals surface area contributed by atoms with Crippen LogP contribution in [0.25, 0.3) is 10.8 Å². The predicted octanol–water partition coefficient (Wildman–Crippen LogP) is 4.17. The first-order valence-corrected chi connectivity index (χ1v) is 6.57. The Bertz CT molecular complexity index is 758. The lowest BCUT2D eigenvalue weighted by Gasteiger charge is -2.09. The topological polar surface area (TPSA) is 42.4 Å². The number of benzene rings is 2. The molecule has 0 fully saturated rings. The van der Waals surface area contributed by atoms with Crippen LogP contribution >= 0.6 is 11.6 Å². The number of ether oxygens (including phenoxy) is 1. The van der Waals surface area contributed by atoms with Crippen molar-refractivity contribution in [3.05, 3.63) is 65.3 Å². The van der Waals surface area contributed by atoms with Crippen LogP contribution in [0, 0.1) is 0 Å². The summed E-state index contributed by atoms with van der Waals surface area (Å²) < 4.78 is 5.81. The van der Waals surface area contributed by atoms with E-state index >= 15 is 0 Å². The Morgan fingerprint density at radius 2 is 1.75 bits per heavy atom. The molecule has 3 nitrogen and oxygen atoms in total. The van der Waals surface area contributed by atoms with Crippen molar-refractivity contribution in [3.63, 3.8) is 0 Å². The van der Waals surface area contributed by atoms with Crippen molar-refractivity contribution in [2.75, 3.05) is 0 Å². The van der Waals surface area contributed by atoms with Crippen molar-refractivity contribution in [3.8, 4) is 11.6 Å². The highest BCUT2D eigenvalue weighted by molar-refractivity contribution is 6.35. The lowest BCUT2D eigenvalue weighted by molar-refractivity contribution is 0.275. The van der Waals surface area contributed by atoms with Gasteiger partial charge in [-0.05, 0) is 18.2 Å². The summed E-state index contributed by atoms with van der Waals surface area (Å²) in [5.41, 5.74) is 0.570. The number of rotatable bonds is 3. The first kappa shape index (κ1) is 12.9. The molecular weight excluding hydrogens is 274 g/mol. The highest BCUT2D eigenvalue weighted by Crippen LogP contribution is 2.33. The third kappa shape index (κ3) is 2.46. The zero-order valence-electron chi connectivity index (χ0n) is 10.6. The van der Waals surface area contributed by atoms with E-state index in [1.807, 2.05) is 30.3 Å². The Balaban J connectivity index is 2.04. The molecule has 0 spiro atoms. The van der Waals surface area contributed by atoms with Gasteiger partial charge in [-0.15, -0.1) is 0 Å². The number of aliphatic hydroxyl groups is 1. The standard InChI is InChI=1S/C16H12ClNO2/c17-14-8-9-15(13-6-2-1-5-12(13)14)20-16-7-3-4-11(10-19)18-16/h1-9,19H,10H2. The minimum absolute atomic E-state index is 0.113. The SMILES string of the molecule is OCc1cccc(Oc2ccc(Cl)c3ccccc23)n1. The molecular formula is C16H12ClNO2. The second kappa shape index (κ2) is 5.49. The average Bonchev–Trinajstić information content (AvgIpc) is 2.51. The van der Waals surface area contributed by atoms with Gasteiger partial charge in [-0.3, -0.25) is 0 Å². The molecule has 3 aromatic rings. The Kier molecular flexibility index (Phi) is 3.54. The largest absolute Gasteiger partial charge is 0.438 e. The van der Waals surface area contributed by atoms with Gasteiger partial charge in [-0.2, -0.15) is 0 Å². The van der Waals surface area contributed by atoms with E-state index in [4.69, 9.17) is 21.4 Å². The third-order valence-electron chi connectivity index (χ3n) is 2.99. The molecule has 0 unspecified atom stereocenters. The molecule has 0 saturated carbocycles. The second-order valence-corrected chi connectivity index (χ2v) is 4.73. The summed E-state index contributed by atoms with van der Waals surface area (Å²) in [6.45, 7) is -0.113. The maximum Gasteiger partial charge on any atom is 0.219 e. The lowest BCUT2D eigenvalue weighted by atomic mass is 10.1. The van der Waals surface area contributed by atoms with Crippen LogP contribution in [-0.2, 0) is 6.61 Å². The maximum absolute atomic E-state index is 9.10. The minimum atomic E-state index is -0.113. The molecule has 0 aliphatic rings. The molecule has 20 heavy (non-hydrogen) atoms. The van der Waals surface area contributed by atoms with Gasteiger partial charge in [0.1, 0.15) is 5.75 Å². The smallest absolute Gasteiger partial charge is 0.219 e. The van der Waals surface area contributed by atoms with E-state index in [0.717, 1.165) is 10.8 Å². The number of hydrogen-bond acceptors (Lipinski definition) is 3. The summed E-state index contributed by atoms with van der Waals surface area (Å²) >= 11 is 6.18. The molecule has 0 radical (unpaired) electrons. The van der Waals surface area contributed by atoms with Gasteiger partial charge < -0.3 is 9.84 Å². The first-order valence-electron chi connectivity index (χ1n) is 6.20. The van der Waals surface area contributed by atoms with Crippen molar-refractivity contribution in [2.24, 2.45) is 0 Å². The summed E-state index contributed by atoms with van der Waals surface area (Å²) in [5.74, 6) is 1.14. The van der Waals surface area contributed by atoms with Gasteiger partial charge in [0.25, 0.3) is 0 Å². The quantitative estimate of drug-likeness (QED) is 0.785. The van der Waals surface area contributed by atoms with Crippen LogP contribution in [0.5, 0.6) is 11.6 Å². The molecule has 2 aromatic carbocycles. The molecule has 1 aromatic heterocycles. The molecule has 4 heteroatoms. The highest BCUT2D eigenvalue weighted by atomic mass is 35.5. The van der Waals surface area contributed by atoms with Crippen LogP contribution in [0.4, 0.5) is 0 Å². The van der Waals surface area contributed by atoms with Crippen LogP contribution in [0.15, 0.2) is 54.6 Å². The number of fused-ring (bicyclic) bond motifs is 1. The number of hydrogen-bond donors (Lipinski definition) is 1. The summed E-state index contributed by atoms with van der Waals surface area (Å²) in [4.78, 5) is 4.21. The van der Waals surface area contributed by atoms with Crippen molar-refractivity contribution in [1.82, 2.24) is 4.98 Å². The van der Waals surface area contributed by atoms with Crippen molar-refractivity contribution >= 4 is 22.4 Å². The zero-order valence-corrected chi connectivity index (χ0v) is 11.3. The monoisotopic (exact) mass is 285 g/mol. The zero-order chi connectivity index (χ0) is 13.9. The van der Waals surface area contributed by atoms with Gasteiger partial charge in [0.15, 0.2) is 0 Å². The average molecular weight is 286 g/mol. The van der Waals surface area contributed by atoms with Gasteiger partial charge >= 0.3 is 0 Å². The van der Waals surface area contributed by atoms with Crippen LogP contribution in [-0.4, -0.2) is 10.1 Å². The Labute approximate surface area is 121 Å². The normalized spacial score (nSPS) is 10.7. The van der Waals surface area contributed by atoms with E-state index in [0.29, 0.717) is 22.3 Å². The molecule has 0 saturated heterocycles. The van der Waals surface area contributed by atoms with Gasteiger partial charge in [0.2, 0.25) is 5.88 Å². The van der Waals surface area contributed by atoms with Crippen molar-refractivity contribution in [1.29, 1.82) is 0 Å². The summed E-state index contributed by atoms with van der Waals surface area (Å²) in [6.07, 6.45) is 0. The molecule has 3 rings (SSSR count). The molecule has 0 aliphatic carbocycles. The van der Waals surface area contributed by atoms with E-state index in [-0.39, 0.29) is 6.61 Å².